The van der Waals surface area contributed by atoms with Gasteiger partial charge in [0.25, 0.3) is 0 Å². The monoisotopic (exact) mass is 292 g/mol. The van der Waals surface area contributed by atoms with Crippen LogP contribution in [0.25, 0.3) is 0 Å². The van der Waals surface area contributed by atoms with E-state index in [1.165, 1.54) is 5.56 Å². The van der Waals surface area contributed by atoms with E-state index in [1.54, 1.807) is 6.07 Å². The Hall–Kier alpha value is -2.31. The Morgan fingerprint density at radius 3 is 2.41 bits per heavy atom. The van der Waals surface area contributed by atoms with Crippen LogP contribution in [0.4, 0.5) is 0 Å². The van der Waals surface area contributed by atoms with E-state index in [9.17, 15) is 0 Å². The number of hydrogen-bond donors (Lipinski definition) is 0. The summed E-state index contributed by atoms with van der Waals surface area (Å²) in [5, 5.41) is 9.12. The topological polar surface area (TPSA) is 36.3 Å². The Morgan fingerprint density at radius 2 is 1.68 bits per heavy atom. The van der Waals surface area contributed by atoms with Crippen molar-refractivity contribution in [1.82, 2.24) is 4.90 Å². The van der Waals surface area contributed by atoms with Crippen LogP contribution in [0, 0.1) is 11.3 Å². The Labute approximate surface area is 131 Å². The highest BCUT2D eigenvalue weighted by Gasteiger charge is 2.21. The van der Waals surface area contributed by atoms with Gasteiger partial charge in [-0.05, 0) is 30.5 Å². The van der Waals surface area contributed by atoms with Gasteiger partial charge in [-0.15, -0.1) is 0 Å². The lowest BCUT2D eigenvalue weighted by atomic mass is 10.1. The molecule has 2 aromatic rings. The maximum Gasteiger partial charge on any atom is 0.137 e. The summed E-state index contributed by atoms with van der Waals surface area (Å²) in [5.74, 6) is 0.714. The molecule has 1 aliphatic heterocycles. The van der Waals surface area contributed by atoms with Gasteiger partial charge in [0.1, 0.15) is 17.9 Å². The van der Waals surface area contributed by atoms with Crippen molar-refractivity contribution in [3.05, 3.63) is 65.7 Å². The first-order valence-electron chi connectivity index (χ1n) is 7.77. The summed E-state index contributed by atoms with van der Waals surface area (Å²) in [4.78, 5) is 2.46. The number of nitriles is 1. The van der Waals surface area contributed by atoms with Gasteiger partial charge in [0.2, 0.25) is 0 Å². The van der Waals surface area contributed by atoms with Gasteiger partial charge in [0, 0.05) is 19.6 Å². The van der Waals surface area contributed by atoms with Crippen molar-refractivity contribution in [1.29, 1.82) is 5.26 Å². The zero-order chi connectivity index (χ0) is 15.2. The van der Waals surface area contributed by atoms with E-state index in [1.807, 2.05) is 18.2 Å². The van der Waals surface area contributed by atoms with Crippen LogP contribution in [0.1, 0.15) is 24.0 Å². The molecule has 0 bridgehead atoms. The predicted octanol–water partition coefficient (Wildman–Crippen LogP) is 3.60. The van der Waals surface area contributed by atoms with E-state index in [-0.39, 0.29) is 6.10 Å². The van der Waals surface area contributed by atoms with E-state index in [0.29, 0.717) is 11.3 Å². The standard InChI is InChI=1S/C19H20N2O/c20-14-17-8-4-5-9-19(17)22-18-10-12-21(13-11-18)15-16-6-2-1-3-7-16/h1-9,18H,10-13,15H2. The molecule has 3 nitrogen and oxygen atoms in total. The molecule has 1 heterocycles. The Balaban J connectivity index is 1.53. The number of ether oxygens (including phenoxy) is 1. The minimum atomic E-state index is 0.210. The first kappa shape index (κ1) is 14.6. The van der Waals surface area contributed by atoms with Gasteiger partial charge < -0.3 is 4.74 Å². The summed E-state index contributed by atoms with van der Waals surface area (Å²) < 4.78 is 6.03. The summed E-state index contributed by atoms with van der Waals surface area (Å²) >= 11 is 0. The number of para-hydroxylation sites is 1. The van der Waals surface area contributed by atoms with Crippen LogP contribution in [-0.2, 0) is 6.54 Å². The van der Waals surface area contributed by atoms with Crippen molar-refractivity contribution in [2.75, 3.05) is 13.1 Å². The van der Waals surface area contributed by atoms with Crippen LogP contribution in [-0.4, -0.2) is 24.1 Å². The summed E-state index contributed by atoms with van der Waals surface area (Å²) in [6, 6.07) is 20.2. The number of rotatable bonds is 4. The maximum atomic E-state index is 9.12. The highest BCUT2D eigenvalue weighted by atomic mass is 16.5. The van der Waals surface area contributed by atoms with E-state index in [0.717, 1.165) is 32.5 Å². The second kappa shape index (κ2) is 7.11. The molecule has 1 fully saturated rings. The van der Waals surface area contributed by atoms with Gasteiger partial charge in [-0.1, -0.05) is 42.5 Å². The molecule has 1 saturated heterocycles. The van der Waals surface area contributed by atoms with Crippen LogP contribution < -0.4 is 4.74 Å². The molecule has 0 atom stereocenters. The number of nitrogens with zero attached hydrogens (tertiary/aromatic N) is 2. The number of hydrogen-bond acceptors (Lipinski definition) is 3. The molecule has 112 valence electrons. The molecule has 3 rings (SSSR count). The lowest BCUT2D eigenvalue weighted by Gasteiger charge is -2.32. The Kier molecular flexibility index (Phi) is 4.72. The summed E-state index contributed by atoms with van der Waals surface area (Å²) in [6.45, 7) is 3.07. The van der Waals surface area contributed by atoms with Gasteiger partial charge in [-0.2, -0.15) is 5.26 Å². The van der Waals surface area contributed by atoms with Crippen molar-refractivity contribution >= 4 is 0 Å². The minimum Gasteiger partial charge on any atom is -0.489 e. The molecule has 0 N–H and O–H groups in total. The number of likely N-dealkylation sites (tertiary alicyclic amines) is 1. The zero-order valence-corrected chi connectivity index (χ0v) is 12.6. The molecule has 0 saturated carbocycles. The van der Waals surface area contributed by atoms with E-state index in [4.69, 9.17) is 10.00 Å². The second-order valence-electron chi connectivity index (χ2n) is 5.69. The van der Waals surface area contributed by atoms with Crippen LogP contribution in [0.2, 0.25) is 0 Å². The van der Waals surface area contributed by atoms with Crippen molar-refractivity contribution in [2.24, 2.45) is 0 Å². The third kappa shape index (κ3) is 3.66. The highest BCUT2D eigenvalue weighted by molar-refractivity contribution is 5.42. The summed E-state index contributed by atoms with van der Waals surface area (Å²) in [7, 11) is 0. The lowest BCUT2D eigenvalue weighted by Crippen LogP contribution is -2.37. The average Bonchev–Trinajstić information content (AvgIpc) is 2.58. The molecule has 0 aliphatic carbocycles. The lowest BCUT2D eigenvalue weighted by molar-refractivity contribution is 0.0966. The fourth-order valence-electron chi connectivity index (χ4n) is 2.87. The van der Waals surface area contributed by atoms with Crippen molar-refractivity contribution in [3.8, 4) is 11.8 Å². The molecule has 3 heteroatoms. The SMILES string of the molecule is N#Cc1ccccc1OC1CCN(Cc2ccccc2)CC1. The molecule has 0 spiro atoms. The highest BCUT2D eigenvalue weighted by Crippen LogP contribution is 2.23. The van der Waals surface area contributed by atoms with Crippen LogP contribution >= 0.6 is 0 Å². The van der Waals surface area contributed by atoms with E-state index < -0.39 is 0 Å². The Bertz CT molecular complexity index is 640. The van der Waals surface area contributed by atoms with Gasteiger partial charge >= 0.3 is 0 Å². The maximum absolute atomic E-state index is 9.12. The molecular weight excluding hydrogens is 272 g/mol. The van der Waals surface area contributed by atoms with Crippen molar-refractivity contribution < 1.29 is 4.74 Å². The van der Waals surface area contributed by atoms with Crippen molar-refractivity contribution in [2.45, 2.75) is 25.5 Å². The van der Waals surface area contributed by atoms with Crippen LogP contribution in [0.15, 0.2) is 54.6 Å². The largest absolute Gasteiger partial charge is 0.489 e. The van der Waals surface area contributed by atoms with Gasteiger partial charge in [-0.25, -0.2) is 0 Å². The molecule has 0 aromatic heterocycles. The van der Waals surface area contributed by atoms with Gasteiger partial charge in [-0.3, -0.25) is 4.90 Å². The quantitative estimate of drug-likeness (QED) is 0.864. The van der Waals surface area contributed by atoms with Crippen LogP contribution in [0.3, 0.4) is 0 Å². The summed E-state index contributed by atoms with van der Waals surface area (Å²) in [5.41, 5.74) is 1.98. The van der Waals surface area contributed by atoms with Crippen molar-refractivity contribution in [3.63, 3.8) is 0 Å². The normalized spacial score (nSPS) is 16.1. The summed E-state index contributed by atoms with van der Waals surface area (Å²) in [6.07, 6.45) is 2.22. The van der Waals surface area contributed by atoms with Crippen LogP contribution in [0.5, 0.6) is 5.75 Å². The number of piperidine rings is 1. The molecule has 1 aliphatic rings. The van der Waals surface area contributed by atoms with Gasteiger partial charge in [0.15, 0.2) is 0 Å². The third-order valence-electron chi connectivity index (χ3n) is 4.08. The smallest absolute Gasteiger partial charge is 0.137 e. The fourth-order valence-corrected chi connectivity index (χ4v) is 2.87. The molecule has 22 heavy (non-hydrogen) atoms. The second-order valence-corrected chi connectivity index (χ2v) is 5.69. The predicted molar refractivity (Wildman–Crippen MR) is 86.5 cm³/mol. The minimum absolute atomic E-state index is 0.210. The molecular formula is C19H20N2O. The van der Waals surface area contributed by atoms with E-state index in [2.05, 4.69) is 41.3 Å². The number of benzene rings is 2. The van der Waals surface area contributed by atoms with E-state index >= 15 is 0 Å². The van der Waals surface area contributed by atoms with Gasteiger partial charge in [0.05, 0.1) is 5.56 Å². The average molecular weight is 292 g/mol. The molecule has 0 radical (unpaired) electrons. The molecule has 2 aromatic carbocycles. The zero-order valence-electron chi connectivity index (χ0n) is 12.6. The third-order valence-corrected chi connectivity index (χ3v) is 4.08. The Morgan fingerprint density at radius 1 is 1.00 bits per heavy atom. The fraction of sp³-hybridized carbons (Fsp3) is 0.316. The first-order chi connectivity index (χ1) is 10.8. The molecule has 0 unspecified atom stereocenters. The first-order valence-corrected chi connectivity index (χ1v) is 7.77. The molecule has 0 amide bonds.